The first-order valence-electron chi connectivity index (χ1n) is 28.3. The molecule has 0 heterocycles. The van der Waals surface area contributed by atoms with E-state index in [1.165, 1.54) is 51.4 Å². The van der Waals surface area contributed by atoms with Crippen LogP contribution in [0.3, 0.4) is 0 Å². The third-order valence-electron chi connectivity index (χ3n) is 11.3. The van der Waals surface area contributed by atoms with Gasteiger partial charge in [0.25, 0.3) is 0 Å². The molecule has 0 aliphatic carbocycles. The number of ether oxygens (including phenoxy) is 3. The van der Waals surface area contributed by atoms with Gasteiger partial charge in [0.1, 0.15) is 13.2 Å². The molecule has 0 bridgehead atoms. The Bertz CT molecular complexity index is 1590. The first kappa shape index (κ1) is 66.3. The maximum absolute atomic E-state index is 12.8. The monoisotopic (exact) mass is 979 g/mol. The summed E-state index contributed by atoms with van der Waals surface area (Å²) in [5, 5.41) is 0. The number of rotatable bonds is 49. The van der Waals surface area contributed by atoms with Crippen molar-refractivity contribution in [2.45, 2.75) is 232 Å². The Hall–Kier alpha value is -4.71. The number of allylic oxidation sites excluding steroid dienone is 24. The van der Waals surface area contributed by atoms with Crippen molar-refractivity contribution in [1.82, 2.24) is 0 Å². The Kier molecular flexibility index (Phi) is 54.0. The van der Waals surface area contributed by atoms with Crippen LogP contribution in [0.2, 0.25) is 0 Å². The largest absolute Gasteiger partial charge is 0.462 e. The molecule has 1 atom stereocenters. The van der Waals surface area contributed by atoms with Crippen molar-refractivity contribution in [3.8, 4) is 0 Å². The Morgan fingerprint density at radius 3 is 0.958 bits per heavy atom. The van der Waals surface area contributed by atoms with Crippen LogP contribution in [-0.4, -0.2) is 37.2 Å². The van der Waals surface area contributed by atoms with E-state index in [-0.39, 0.29) is 44.0 Å². The van der Waals surface area contributed by atoms with E-state index in [2.05, 4.69) is 167 Å². The molecule has 0 saturated carbocycles. The Morgan fingerprint density at radius 2 is 0.563 bits per heavy atom. The van der Waals surface area contributed by atoms with Gasteiger partial charge in [0.05, 0.1) is 0 Å². The van der Waals surface area contributed by atoms with E-state index in [1.807, 2.05) is 0 Å². The molecule has 0 rings (SSSR count). The smallest absolute Gasteiger partial charge is 0.306 e. The average molecular weight is 980 g/mol. The van der Waals surface area contributed by atoms with Gasteiger partial charge in [-0.05, 0) is 135 Å². The van der Waals surface area contributed by atoms with Crippen molar-refractivity contribution < 1.29 is 28.6 Å². The van der Waals surface area contributed by atoms with Crippen LogP contribution in [-0.2, 0) is 28.6 Å². The van der Waals surface area contributed by atoms with Gasteiger partial charge in [-0.25, -0.2) is 0 Å². The van der Waals surface area contributed by atoms with Gasteiger partial charge in [-0.15, -0.1) is 0 Å². The van der Waals surface area contributed by atoms with E-state index in [4.69, 9.17) is 14.2 Å². The summed E-state index contributed by atoms with van der Waals surface area (Å²) in [7, 11) is 0. The third-order valence-corrected chi connectivity index (χ3v) is 11.3. The van der Waals surface area contributed by atoms with Crippen molar-refractivity contribution in [3.63, 3.8) is 0 Å². The van der Waals surface area contributed by atoms with Crippen LogP contribution in [0.25, 0.3) is 0 Å². The summed E-state index contributed by atoms with van der Waals surface area (Å²) < 4.78 is 16.8. The topological polar surface area (TPSA) is 78.9 Å². The third kappa shape index (κ3) is 56.1. The highest BCUT2D eigenvalue weighted by atomic mass is 16.6. The Morgan fingerprint density at radius 1 is 0.296 bits per heavy atom. The van der Waals surface area contributed by atoms with Crippen molar-refractivity contribution in [3.05, 3.63) is 146 Å². The molecule has 0 saturated heterocycles. The van der Waals surface area contributed by atoms with Crippen LogP contribution in [0.5, 0.6) is 0 Å². The number of esters is 3. The van der Waals surface area contributed by atoms with Crippen LogP contribution < -0.4 is 0 Å². The van der Waals surface area contributed by atoms with Crippen LogP contribution in [0.15, 0.2) is 146 Å². The van der Waals surface area contributed by atoms with E-state index in [9.17, 15) is 14.4 Å². The van der Waals surface area contributed by atoms with E-state index < -0.39 is 6.10 Å². The SMILES string of the molecule is CC/C=C\C/C=C\C/C=C\C/C=C\C/C=C\C/C=C\C/C=C\CCCC(=O)OCC(COC(=O)CCCCCCC/C=C\CCCCCCCC)OC(=O)CCCC/C=C\C/C=C\C/C=C\C/C=C\CC. The Labute approximate surface area is 436 Å². The van der Waals surface area contributed by atoms with Gasteiger partial charge in [0.15, 0.2) is 6.10 Å². The number of unbranched alkanes of at least 4 members (excludes halogenated alkanes) is 14. The van der Waals surface area contributed by atoms with E-state index in [1.54, 1.807) is 0 Å². The second-order valence-corrected chi connectivity index (χ2v) is 18.1. The first-order valence-corrected chi connectivity index (χ1v) is 28.3. The zero-order valence-electron chi connectivity index (χ0n) is 45.4. The Balaban J connectivity index is 4.56. The maximum Gasteiger partial charge on any atom is 0.306 e. The molecule has 0 aromatic carbocycles. The minimum atomic E-state index is -0.833. The molecule has 398 valence electrons. The van der Waals surface area contributed by atoms with Gasteiger partial charge in [-0.1, -0.05) is 218 Å². The summed E-state index contributed by atoms with van der Waals surface area (Å²) in [5.74, 6) is -1.04. The molecule has 0 spiro atoms. The highest BCUT2D eigenvalue weighted by molar-refractivity contribution is 5.71. The van der Waals surface area contributed by atoms with E-state index in [0.717, 1.165) is 122 Å². The van der Waals surface area contributed by atoms with Crippen LogP contribution in [0.1, 0.15) is 226 Å². The zero-order chi connectivity index (χ0) is 51.4. The summed E-state index contributed by atoms with van der Waals surface area (Å²) in [6.45, 7) is 6.30. The van der Waals surface area contributed by atoms with Gasteiger partial charge in [-0.3, -0.25) is 14.4 Å². The number of hydrogen-bond donors (Lipinski definition) is 0. The average Bonchev–Trinajstić information content (AvgIpc) is 3.37. The van der Waals surface area contributed by atoms with Crippen molar-refractivity contribution >= 4 is 17.9 Å². The molecular weight excluding hydrogens is 877 g/mol. The molecule has 0 fully saturated rings. The van der Waals surface area contributed by atoms with Gasteiger partial charge in [0.2, 0.25) is 0 Å². The summed E-state index contributed by atoms with van der Waals surface area (Å²) in [4.78, 5) is 38.1. The fourth-order valence-corrected chi connectivity index (χ4v) is 7.12. The molecule has 1 unspecified atom stereocenters. The second-order valence-electron chi connectivity index (χ2n) is 18.1. The molecule has 0 aliphatic rings. The number of carbonyl (C=O) groups excluding carboxylic acids is 3. The molecule has 0 amide bonds. The quantitative estimate of drug-likeness (QED) is 0.0262. The number of carbonyl (C=O) groups is 3. The predicted molar refractivity (Wildman–Crippen MR) is 306 cm³/mol. The summed E-state index contributed by atoms with van der Waals surface area (Å²) in [6.07, 6.45) is 82.7. The highest BCUT2D eigenvalue weighted by Crippen LogP contribution is 2.12. The van der Waals surface area contributed by atoms with E-state index in [0.29, 0.717) is 19.3 Å². The van der Waals surface area contributed by atoms with Crippen LogP contribution in [0.4, 0.5) is 0 Å². The highest BCUT2D eigenvalue weighted by Gasteiger charge is 2.19. The number of hydrogen-bond acceptors (Lipinski definition) is 6. The maximum atomic E-state index is 12.8. The molecule has 71 heavy (non-hydrogen) atoms. The van der Waals surface area contributed by atoms with Crippen LogP contribution >= 0.6 is 0 Å². The summed E-state index contributed by atoms with van der Waals surface area (Å²) in [5.41, 5.74) is 0. The second kappa shape index (κ2) is 57.9. The van der Waals surface area contributed by atoms with Gasteiger partial charge in [-0.2, -0.15) is 0 Å². The minimum absolute atomic E-state index is 0.123. The predicted octanol–water partition coefficient (Wildman–Crippen LogP) is 19.2. The summed E-state index contributed by atoms with van der Waals surface area (Å²) >= 11 is 0. The molecule has 6 heteroatoms. The lowest BCUT2D eigenvalue weighted by Gasteiger charge is -2.18. The summed E-state index contributed by atoms with van der Waals surface area (Å²) in [6, 6.07) is 0. The fraction of sp³-hybridized carbons (Fsp3) is 0.585. The zero-order valence-corrected chi connectivity index (χ0v) is 45.4. The first-order chi connectivity index (χ1) is 35.0. The van der Waals surface area contributed by atoms with Crippen molar-refractivity contribution in [2.24, 2.45) is 0 Å². The molecule has 6 nitrogen and oxygen atoms in total. The lowest BCUT2D eigenvalue weighted by atomic mass is 10.1. The molecular formula is C65H102O6. The molecule has 0 N–H and O–H groups in total. The van der Waals surface area contributed by atoms with Crippen molar-refractivity contribution in [2.75, 3.05) is 13.2 Å². The van der Waals surface area contributed by atoms with Crippen LogP contribution in [0, 0.1) is 0 Å². The molecule has 0 aromatic heterocycles. The molecule has 0 aliphatic heterocycles. The minimum Gasteiger partial charge on any atom is -0.462 e. The van der Waals surface area contributed by atoms with Gasteiger partial charge < -0.3 is 14.2 Å². The van der Waals surface area contributed by atoms with Gasteiger partial charge >= 0.3 is 17.9 Å². The lowest BCUT2D eigenvalue weighted by molar-refractivity contribution is -0.167. The van der Waals surface area contributed by atoms with Gasteiger partial charge in [0, 0.05) is 19.3 Å². The molecule has 0 radical (unpaired) electrons. The normalized spacial score (nSPS) is 13.2. The van der Waals surface area contributed by atoms with Crippen molar-refractivity contribution in [1.29, 1.82) is 0 Å². The standard InChI is InChI=1S/C65H102O6/c1-4-7-10-13-16-19-22-25-28-29-30-31-32-33-34-35-38-40-43-46-49-52-55-58-64(67)70-61-62(71-65(68)59-56-53-50-47-44-41-37-27-24-21-18-15-12-9-6-3)60-69-63(66)57-54-51-48-45-42-39-36-26-23-20-17-14-11-8-5-2/h7,9-10,12,16,18-19,21,25-28,30-31,33-34,36-38,40,44,46-47,49,62H,4-6,8,11,13-15,17,20,22-24,29,32,35,39,41-43,45,48,50-61H2,1-3H3/b10-7-,12-9-,19-16-,21-18-,28-25-,31-30-,34-33-,36-26-,37-27-,40-38-,47-44-,49-46-. The lowest BCUT2D eigenvalue weighted by Crippen LogP contribution is -2.30. The molecule has 0 aromatic rings. The fourth-order valence-electron chi connectivity index (χ4n) is 7.12. The van der Waals surface area contributed by atoms with E-state index >= 15 is 0 Å².